The van der Waals surface area contributed by atoms with Gasteiger partial charge in [0.25, 0.3) is 0 Å². The second kappa shape index (κ2) is 4.81. The van der Waals surface area contributed by atoms with Crippen LogP contribution in [0.4, 0.5) is 0 Å². The Kier molecular flexibility index (Phi) is 4.77. The lowest BCUT2D eigenvalue weighted by molar-refractivity contribution is -0.154. The molecule has 0 saturated carbocycles. The Bertz CT molecular complexity index is 176. The number of hydrogen-bond acceptors (Lipinski definition) is 4. The van der Waals surface area contributed by atoms with Crippen LogP contribution in [0.2, 0.25) is 0 Å². The molecule has 0 atom stereocenters. The van der Waals surface area contributed by atoms with Crippen molar-refractivity contribution in [3.63, 3.8) is 0 Å². The summed E-state index contributed by atoms with van der Waals surface area (Å²) in [5, 5.41) is 0.0966. The van der Waals surface area contributed by atoms with Gasteiger partial charge in [-0.2, -0.15) is 0 Å². The van der Waals surface area contributed by atoms with E-state index in [9.17, 15) is 9.59 Å². The summed E-state index contributed by atoms with van der Waals surface area (Å²) in [5.74, 6) is -1.38. The molecule has 4 nitrogen and oxygen atoms in total. The topological polar surface area (TPSA) is 52.6 Å². The van der Waals surface area contributed by atoms with Crippen LogP contribution in [0.15, 0.2) is 0 Å². The van der Waals surface area contributed by atoms with E-state index < -0.39 is 16.3 Å². The molecule has 0 spiro atoms. The van der Waals surface area contributed by atoms with Crippen LogP contribution < -0.4 is 0 Å². The summed E-state index contributed by atoms with van der Waals surface area (Å²) >= 11 is 5.95. The second-order valence-electron chi connectivity index (χ2n) is 1.92. The minimum absolute atomic E-state index is 0.0966. The third-order valence-corrected chi connectivity index (χ3v) is 3.72. The molecular weight excluding hydrogens is 296 g/mol. The largest absolute Gasteiger partial charge is 0.468 e. The van der Waals surface area contributed by atoms with E-state index in [1.807, 2.05) is 0 Å². The van der Waals surface area contributed by atoms with Crippen molar-refractivity contribution in [3.8, 4) is 0 Å². The molecule has 0 aliphatic heterocycles. The molecule has 0 aliphatic carbocycles. The van der Waals surface area contributed by atoms with Crippen molar-refractivity contribution in [2.45, 2.75) is 4.32 Å². The van der Waals surface area contributed by atoms with Gasteiger partial charge in [-0.05, 0) is 0 Å². The Morgan fingerprint density at radius 3 is 1.75 bits per heavy atom. The Hall–Kier alpha value is -0.100. The van der Waals surface area contributed by atoms with Gasteiger partial charge in [0.1, 0.15) is 0 Å². The number of halogens is 2. The number of alkyl halides is 2. The van der Waals surface area contributed by atoms with Gasteiger partial charge < -0.3 is 9.47 Å². The molecular formula is C6H8Br2O4. The van der Waals surface area contributed by atoms with E-state index in [0.717, 1.165) is 0 Å². The Labute approximate surface area is 86.8 Å². The predicted molar refractivity (Wildman–Crippen MR) is 49.5 cm³/mol. The highest BCUT2D eigenvalue weighted by Crippen LogP contribution is 2.24. The minimum Gasteiger partial charge on any atom is -0.468 e. The molecule has 70 valence electrons. The van der Waals surface area contributed by atoms with E-state index in [0.29, 0.717) is 0 Å². The Balaban J connectivity index is 4.66. The van der Waals surface area contributed by atoms with Gasteiger partial charge in [0.15, 0.2) is 0 Å². The zero-order chi connectivity index (χ0) is 9.78. The molecule has 0 fully saturated rings. The highest BCUT2D eigenvalue weighted by atomic mass is 79.9. The zero-order valence-corrected chi connectivity index (χ0v) is 9.77. The molecule has 0 aromatic carbocycles. The first-order valence-corrected chi connectivity index (χ1v) is 4.86. The van der Waals surface area contributed by atoms with Gasteiger partial charge in [-0.3, -0.25) is 0 Å². The van der Waals surface area contributed by atoms with Crippen LogP contribution in [0, 0.1) is 0 Å². The molecule has 0 aromatic heterocycles. The minimum atomic E-state index is -1.43. The smallest absolute Gasteiger partial charge is 0.335 e. The average Bonchev–Trinajstić information content (AvgIpc) is 2.13. The van der Waals surface area contributed by atoms with Crippen LogP contribution in [-0.4, -0.2) is 35.8 Å². The van der Waals surface area contributed by atoms with Gasteiger partial charge in [-0.25, -0.2) is 9.59 Å². The SMILES string of the molecule is COC(=O)C(Br)(CBr)C(=O)OC. The summed E-state index contributed by atoms with van der Waals surface area (Å²) in [5.41, 5.74) is 0. The number of carbonyl (C=O) groups excluding carboxylic acids is 2. The van der Waals surface area contributed by atoms with E-state index in [4.69, 9.17) is 0 Å². The number of ether oxygens (including phenoxy) is 2. The third kappa shape index (κ3) is 2.20. The molecule has 12 heavy (non-hydrogen) atoms. The zero-order valence-electron chi connectivity index (χ0n) is 6.60. The van der Waals surface area contributed by atoms with Gasteiger partial charge in [0, 0.05) is 5.33 Å². The lowest BCUT2D eigenvalue weighted by atomic mass is 10.2. The first-order chi connectivity index (χ1) is 5.52. The fraction of sp³-hybridized carbons (Fsp3) is 0.667. The molecule has 0 N–H and O–H groups in total. The summed E-state index contributed by atoms with van der Waals surface area (Å²) in [6.07, 6.45) is 0. The van der Waals surface area contributed by atoms with Crippen molar-refractivity contribution in [1.82, 2.24) is 0 Å². The van der Waals surface area contributed by atoms with Crippen molar-refractivity contribution in [1.29, 1.82) is 0 Å². The van der Waals surface area contributed by atoms with Crippen LogP contribution in [-0.2, 0) is 19.1 Å². The molecule has 0 aromatic rings. The predicted octanol–water partition coefficient (Wildman–Crippen LogP) is 0.861. The molecule has 0 saturated heterocycles. The van der Waals surface area contributed by atoms with Crippen LogP contribution in [0.1, 0.15) is 0 Å². The van der Waals surface area contributed by atoms with E-state index in [1.54, 1.807) is 0 Å². The fourth-order valence-electron chi connectivity index (χ4n) is 0.516. The van der Waals surface area contributed by atoms with Gasteiger partial charge in [-0.15, -0.1) is 0 Å². The normalized spacial score (nSPS) is 10.7. The maximum Gasteiger partial charge on any atom is 0.335 e. The van der Waals surface area contributed by atoms with Crippen molar-refractivity contribution < 1.29 is 19.1 Å². The van der Waals surface area contributed by atoms with Gasteiger partial charge in [0.2, 0.25) is 4.32 Å². The Morgan fingerprint density at radius 2 is 1.58 bits per heavy atom. The van der Waals surface area contributed by atoms with E-state index in [1.165, 1.54) is 14.2 Å². The summed E-state index contributed by atoms with van der Waals surface area (Å²) in [7, 11) is 2.40. The van der Waals surface area contributed by atoms with Crippen molar-refractivity contribution in [2.24, 2.45) is 0 Å². The first kappa shape index (κ1) is 11.9. The highest BCUT2D eigenvalue weighted by Gasteiger charge is 2.45. The maximum absolute atomic E-state index is 11.1. The summed E-state index contributed by atoms with van der Waals surface area (Å²) in [6, 6.07) is 0. The van der Waals surface area contributed by atoms with Crippen molar-refractivity contribution in [2.75, 3.05) is 19.5 Å². The molecule has 0 unspecified atom stereocenters. The lowest BCUT2D eigenvalue weighted by Crippen LogP contribution is -2.44. The van der Waals surface area contributed by atoms with E-state index >= 15 is 0 Å². The van der Waals surface area contributed by atoms with Crippen LogP contribution in [0.25, 0.3) is 0 Å². The summed E-state index contributed by atoms with van der Waals surface area (Å²) in [6.45, 7) is 0. The number of esters is 2. The van der Waals surface area contributed by atoms with Crippen LogP contribution >= 0.6 is 31.9 Å². The monoisotopic (exact) mass is 302 g/mol. The highest BCUT2D eigenvalue weighted by molar-refractivity contribution is 9.12. The maximum atomic E-state index is 11.1. The number of methoxy groups -OCH3 is 2. The van der Waals surface area contributed by atoms with Crippen molar-refractivity contribution in [3.05, 3.63) is 0 Å². The second-order valence-corrected chi connectivity index (χ2v) is 3.83. The molecule has 0 rings (SSSR count). The van der Waals surface area contributed by atoms with Crippen LogP contribution in [0.5, 0.6) is 0 Å². The molecule has 0 radical (unpaired) electrons. The van der Waals surface area contributed by atoms with Crippen molar-refractivity contribution >= 4 is 43.8 Å². The molecule has 0 aliphatic rings. The molecule has 0 heterocycles. The summed E-state index contributed by atoms with van der Waals surface area (Å²) < 4.78 is 7.39. The molecule has 6 heteroatoms. The number of rotatable bonds is 3. The average molecular weight is 304 g/mol. The van der Waals surface area contributed by atoms with Gasteiger partial charge in [-0.1, -0.05) is 31.9 Å². The third-order valence-electron chi connectivity index (χ3n) is 1.20. The molecule has 0 bridgehead atoms. The first-order valence-electron chi connectivity index (χ1n) is 2.94. The van der Waals surface area contributed by atoms with Gasteiger partial charge >= 0.3 is 11.9 Å². The fourth-order valence-corrected chi connectivity index (χ4v) is 1.30. The molecule has 0 amide bonds. The van der Waals surface area contributed by atoms with Crippen LogP contribution in [0.3, 0.4) is 0 Å². The standard InChI is InChI=1S/C6H8Br2O4/c1-11-4(9)6(8,3-7)5(10)12-2/h3H2,1-2H3. The van der Waals surface area contributed by atoms with E-state index in [2.05, 4.69) is 41.3 Å². The quantitative estimate of drug-likeness (QED) is 0.441. The number of carbonyl (C=O) groups is 2. The Morgan fingerprint density at radius 1 is 1.25 bits per heavy atom. The van der Waals surface area contributed by atoms with E-state index in [-0.39, 0.29) is 5.33 Å². The summed E-state index contributed by atoms with van der Waals surface area (Å²) in [4.78, 5) is 22.1. The number of hydrogen-bond donors (Lipinski definition) is 0. The lowest BCUT2D eigenvalue weighted by Gasteiger charge is -2.18. The van der Waals surface area contributed by atoms with Gasteiger partial charge in [0.05, 0.1) is 14.2 Å².